The second-order valence-corrected chi connectivity index (χ2v) is 9.19. The number of hydrogen-bond donors (Lipinski definition) is 0. The Morgan fingerprint density at radius 2 is 1.62 bits per heavy atom. The summed E-state index contributed by atoms with van der Waals surface area (Å²) < 4.78 is 30.7. The summed E-state index contributed by atoms with van der Waals surface area (Å²) in [6.45, 7) is 8.81. The minimum absolute atomic E-state index is 0.460. The number of aromatic nitrogens is 1. The number of sulfonamides is 1. The topological polar surface area (TPSA) is 45.6 Å². The summed E-state index contributed by atoms with van der Waals surface area (Å²) in [6.07, 6.45) is 1.96. The van der Waals surface area contributed by atoms with Crippen LogP contribution in [0.5, 0.6) is 0 Å². The molecule has 26 heavy (non-hydrogen) atoms. The Hall–Kier alpha value is -1.54. The summed E-state index contributed by atoms with van der Waals surface area (Å²) in [4.78, 5) is 2.69. The number of aryl methyl sites for hydroxylation is 3. The van der Waals surface area contributed by atoms with E-state index in [1.54, 1.807) is 4.31 Å². The van der Waals surface area contributed by atoms with E-state index in [9.17, 15) is 8.42 Å². The molecule has 0 bridgehead atoms. The molecule has 0 N–H and O–H groups in total. The third kappa shape index (κ3) is 3.91. The van der Waals surface area contributed by atoms with Crippen LogP contribution in [0, 0.1) is 25.4 Å². The van der Waals surface area contributed by atoms with E-state index in [4.69, 9.17) is 12.2 Å². The first kappa shape index (κ1) is 19.2. The van der Waals surface area contributed by atoms with Crippen LogP contribution in [0.2, 0.25) is 0 Å². The highest BCUT2D eigenvalue weighted by atomic mass is 32.2. The largest absolute Gasteiger partial charge is 0.326 e. The molecule has 0 saturated carbocycles. The lowest BCUT2D eigenvalue weighted by molar-refractivity contribution is 0.151. The highest BCUT2D eigenvalue weighted by Gasteiger charge is 2.30. The van der Waals surface area contributed by atoms with Gasteiger partial charge >= 0.3 is 0 Å². The van der Waals surface area contributed by atoms with Crippen molar-refractivity contribution in [3.63, 3.8) is 0 Å². The van der Waals surface area contributed by atoms with Crippen LogP contribution in [0.25, 0.3) is 0 Å². The van der Waals surface area contributed by atoms with Gasteiger partial charge in [-0.1, -0.05) is 36.0 Å². The molecule has 1 aliphatic heterocycles. The van der Waals surface area contributed by atoms with Gasteiger partial charge in [-0.25, -0.2) is 8.42 Å². The van der Waals surface area contributed by atoms with Crippen molar-refractivity contribution in [3.05, 3.63) is 57.9 Å². The minimum atomic E-state index is -3.47. The normalized spacial score (nSPS) is 16.7. The van der Waals surface area contributed by atoms with Crippen molar-refractivity contribution in [2.75, 3.05) is 26.2 Å². The van der Waals surface area contributed by atoms with Gasteiger partial charge in [-0.3, -0.25) is 4.90 Å². The molecule has 140 valence electrons. The van der Waals surface area contributed by atoms with Gasteiger partial charge in [0, 0.05) is 32.4 Å². The van der Waals surface area contributed by atoms with E-state index in [0.29, 0.717) is 37.7 Å². The van der Waals surface area contributed by atoms with Crippen molar-refractivity contribution in [1.82, 2.24) is 13.8 Å². The van der Waals surface area contributed by atoms with E-state index in [1.165, 1.54) is 0 Å². The van der Waals surface area contributed by atoms with E-state index in [1.807, 2.05) is 61.9 Å². The summed E-state index contributed by atoms with van der Waals surface area (Å²) in [5.74, 6) is 0. The molecule has 0 unspecified atom stereocenters. The zero-order chi connectivity index (χ0) is 18.9. The lowest BCUT2D eigenvalue weighted by atomic mass is 10.1. The molecule has 5 nitrogen and oxygen atoms in total. The van der Waals surface area contributed by atoms with Gasteiger partial charge in [0.05, 0.1) is 11.6 Å². The Morgan fingerprint density at radius 1 is 1.00 bits per heavy atom. The van der Waals surface area contributed by atoms with Gasteiger partial charge < -0.3 is 4.57 Å². The fourth-order valence-electron chi connectivity index (χ4n) is 3.61. The average molecular weight is 392 g/mol. The molecule has 1 fully saturated rings. The monoisotopic (exact) mass is 391 g/mol. The van der Waals surface area contributed by atoms with Crippen molar-refractivity contribution >= 4 is 22.2 Å². The van der Waals surface area contributed by atoms with Crippen LogP contribution in [-0.4, -0.2) is 48.4 Å². The lowest BCUT2D eigenvalue weighted by Gasteiger charge is -2.34. The zero-order valence-corrected chi connectivity index (χ0v) is 17.1. The number of hydrogen-bond acceptors (Lipinski definition) is 4. The molecular formula is C19H25N3O2S2. The molecule has 1 aromatic heterocycles. The molecule has 3 rings (SSSR count). The van der Waals surface area contributed by atoms with E-state index < -0.39 is 10.0 Å². The molecule has 0 spiro atoms. The Balaban J connectivity index is 1.73. The molecule has 2 heterocycles. The SMILES string of the molecule is Cc1cc(C)c(S(=O)(=O)N2CCN(Cn3ccccc3=S)CC2)c(C)c1. The van der Waals surface area contributed by atoms with Crippen LogP contribution < -0.4 is 0 Å². The average Bonchev–Trinajstić information content (AvgIpc) is 2.56. The smallest absolute Gasteiger partial charge is 0.243 e. The quantitative estimate of drug-likeness (QED) is 0.752. The van der Waals surface area contributed by atoms with E-state index in [-0.39, 0.29) is 0 Å². The summed E-state index contributed by atoms with van der Waals surface area (Å²) in [5, 5.41) is 0. The molecule has 0 amide bonds. The number of nitrogens with zero attached hydrogens (tertiary/aromatic N) is 3. The predicted octanol–water partition coefficient (Wildman–Crippen LogP) is 3.11. The third-order valence-electron chi connectivity index (χ3n) is 4.79. The third-order valence-corrected chi connectivity index (χ3v) is 7.36. The van der Waals surface area contributed by atoms with Crippen LogP contribution in [-0.2, 0) is 16.7 Å². The fraction of sp³-hybridized carbons (Fsp3) is 0.421. The van der Waals surface area contributed by atoms with Gasteiger partial charge in [0.15, 0.2) is 0 Å². The van der Waals surface area contributed by atoms with Gasteiger partial charge in [-0.05, 0) is 44.0 Å². The standard InChI is InChI=1S/C19H25N3O2S2/c1-15-12-16(2)19(17(3)13-15)26(23,24)22-10-8-20(9-11-22)14-21-7-5-4-6-18(21)25/h4-7,12-13H,8-11,14H2,1-3H3. The zero-order valence-electron chi connectivity index (χ0n) is 15.5. The molecule has 0 atom stereocenters. The first-order valence-corrected chi connectivity index (χ1v) is 10.6. The Morgan fingerprint density at radius 3 is 2.19 bits per heavy atom. The fourth-order valence-corrected chi connectivity index (χ4v) is 5.64. The summed E-state index contributed by atoms with van der Waals surface area (Å²) in [7, 11) is -3.47. The number of benzene rings is 1. The van der Waals surface area contributed by atoms with Crippen molar-refractivity contribution < 1.29 is 8.42 Å². The molecule has 0 aliphatic carbocycles. The van der Waals surface area contributed by atoms with E-state index in [2.05, 4.69) is 4.90 Å². The molecular weight excluding hydrogens is 366 g/mol. The predicted molar refractivity (Wildman–Crippen MR) is 106 cm³/mol. The van der Waals surface area contributed by atoms with Gasteiger partial charge in [-0.2, -0.15) is 4.31 Å². The Kier molecular flexibility index (Phi) is 5.62. The second-order valence-electron chi connectivity index (χ2n) is 6.90. The van der Waals surface area contributed by atoms with E-state index >= 15 is 0 Å². The van der Waals surface area contributed by atoms with E-state index in [0.717, 1.165) is 21.3 Å². The maximum absolute atomic E-state index is 13.1. The first-order valence-electron chi connectivity index (χ1n) is 8.75. The number of rotatable bonds is 4. The van der Waals surface area contributed by atoms with Crippen LogP contribution >= 0.6 is 12.2 Å². The molecule has 1 aliphatic rings. The molecule has 7 heteroatoms. The van der Waals surface area contributed by atoms with Crippen LogP contribution in [0.4, 0.5) is 0 Å². The first-order chi connectivity index (χ1) is 12.3. The second kappa shape index (κ2) is 7.60. The van der Waals surface area contributed by atoms with Gasteiger partial charge in [0.2, 0.25) is 10.0 Å². The Bertz CT molecular complexity index is 936. The minimum Gasteiger partial charge on any atom is -0.326 e. The van der Waals surface area contributed by atoms with Crippen LogP contribution in [0.3, 0.4) is 0 Å². The van der Waals surface area contributed by atoms with Crippen molar-refractivity contribution in [1.29, 1.82) is 0 Å². The van der Waals surface area contributed by atoms with Gasteiger partial charge in [-0.15, -0.1) is 0 Å². The lowest BCUT2D eigenvalue weighted by Crippen LogP contribution is -2.49. The van der Waals surface area contributed by atoms with Crippen molar-refractivity contribution in [2.24, 2.45) is 0 Å². The molecule has 2 aromatic rings. The summed E-state index contributed by atoms with van der Waals surface area (Å²) >= 11 is 5.34. The van der Waals surface area contributed by atoms with Gasteiger partial charge in [0.25, 0.3) is 0 Å². The molecule has 0 radical (unpaired) electrons. The number of pyridine rings is 1. The molecule has 1 aromatic carbocycles. The summed E-state index contributed by atoms with van der Waals surface area (Å²) in [6, 6.07) is 9.66. The summed E-state index contributed by atoms with van der Waals surface area (Å²) in [5.41, 5.74) is 2.73. The maximum atomic E-state index is 13.1. The maximum Gasteiger partial charge on any atom is 0.243 e. The highest BCUT2D eigenvalue weighted by molar-refractivity contribution is 7.89. The number of piperazine rings is 1. The highest BCUT2D eigenvalue weighted by Crippen LogP contribution is 2.26. The molecule has 1 saturated heterocycles. The Labute approximate surface area is 160 Å². The van der Waals surface area contributed by atoms with Gasteiger partial charge in [0.1, 0.15) is 4.64 Å². The van der Waals surface area contributed by atoms with Crippen molar-refractivity contribution in [3.8, 4) is 0 Å². The van der Waals surface area contributed by atoms with Crippen molar-refractivity contribution in [2.45, 2.75) is 32.3 Å². The van der Waals surface area contributed by atoms with Crippen LogP contribution in [0.1, 0.15) is 16.7 Å². The van der Waals surface area contributed by atoms with Crippen LogP contribution in [0.15, 0.2) is 41.4 Å².